The number of aryl methyl sites for hydroxylation is 1. The number of nitrogens with zero attached hydrogens (tertiary/aromatic N) is 3. The number of hydrogen-bond donors (Lipinski definition) is 1. The first-order chi connectivity index (χ1) is 9.15. The van der Waals surface area contributed by atoms with E-state index >= 15 is 0 Å². The average Bonchev–Trinajstić information content (AvgIpc) is 2.82. The Labute approximate surface area is 109 Å². The molecule has 0 saturated heterocycles. The zero-order chi connectivity index (χ0) is 13.4. The summed E-state index contributed by atoms with van der Waals surface area (Å²) in [6.45, 7) is 2.01. The van der Waals surface area contributed by atoms with Gasteiger partial charge in [-0.2, -0.15) is 0 Å². The normalized spacial score (nSPS) is 10.8. The van der Waals surface area contributed by atoms with Crippen molar-refractivity contribution in [3.05, 3.63) is 53.6 Å². The molecule has 0 unspecified atom stereocenters. The van der Waals surface area contributed by atoms with Crippen molar-refractivity contribution >= 4 is 17.0 Å². The molecule has 0 aliphatic carbocycles. The van der Waals surface area contributed by atoms with Gasteiger partial charge in [-0.3, -0.25) is 0 Å². The molecule has 0 bridgehead atoms. The summed E-state index contributed by atoms with van der Waals surface area (Å²) in [5.41, 5.74) is 3.59. The minimum atomic E-state index is -0.960. The number of carbonyl (C=O) groups is 1. The second-order valence-electron chi connectivity index (χ2n) is 4.35. The lowest BCUT2D eigenvalue weighted by Crippen LogP contribution is -1.99. The Hall–Kier alpha value is -2.69. The van der Waals surface area contributed by atoms with Gasteiger partial charge in [0, 0.05) is 0 Å². The Bertz CT molecular complexity index is 760. The van der Waals surface area contributed by atoms with Gasteiger partial charge in [-0.1, -0.05) is 22.9 Å². The highest BCUT2D eigenvalue weighted by Gasteiger charge is 2.10. The van der Waals surface area contributed by atoms with Crippen LogP contribution in [-0.2, 0) is 0 Å². The van der Waals surface area contributed by atoms with Gasteiger partial charge in [0.2, 0.25) is 0 Å². The smallest absolute Gasteiger partial charge is 0.335 e. The standard InChI is InChI=1S/C14H11N3O2/c1-9-2-5-11(6-3-9)17-13-8-10(14(18)19)4-7-12(13)15-16-17/h2-8H,1H3,(H,18,19). The molecule has 3 rings (SSSR count). The molecule has 1 N–H and O–H groups in total. The van der Waals surface area contributed by atoms with E-state index in [2.05, 4.69) is 10.3 Å². The summed E-state index contributed by atoms with van der Waals surface area (Å²) in [4.78, 5) is 11.0. The zero-order valence-electron chi connectivity index (χ0n) is 10.2. The van der Waals surface area contributed by atoms with E-state index in [1.54, 1.807) is 16.8 Å². The van der Waals surface area contributed by atoms with Crippen LogP contribution in [0.4, 0.5) is 0 Å². The van der Waals surface area contributed by atoms with E-state index in [9.17, 15) is 4.79 Å². The van der Waals surface area contributed by atoms with Gasteiger partial charge in [-0.25, -0.2) is 9.48 Å². The second-order valence-corrected chi connectivity index (χ2v) is 4.35. The van der Waals surface area contributed by atoms with Crippen molar-refractivity contribution < 1.29 is 9.90 Å². The maximum absolute atomic E-state index is 11.0. The number of benzene rings is 2. The monoisotopic (exact) mass is 253 g/mol. The molecule has 0 radical (unpaired) electrons. The van der Waals surface area contributed by atoms with E-state index in [0.717, 1.165) is 11.3 Å². The Balaban J connectivity index is 2.21. The summed E-state index contributed by atoms with van der Waals surface area (Å²) in [6.07, 6.45) is 0. The molecule has 1 heterocycles. The number of aromatic carboxylic acids is 1. The molecule has 5 heteroatoms. The molecule has 1 aromatic heterocycles. The molecule has 0 fully saturated rings. The van der Waals surface area contributed by atoms with Crippen LogP contribution in [0.1, 0.15) is 15.9 Å². The lowest BCUT2D eigenvalue weighted by atomic mass is 10.2. The summed E-state index contributed by atoms with van der Waals surface area (Å²) < 4.78 is 1.64. The molecule has 5 nitrogen and oxygen atoms in total. The largest absolute Gasteiger partial charge is 0.478 e. The van der Waals surface area contributed by atoms with Crippen LogP contribution in [0.25, 0.3) is 16.7 Å². The Kier molecular flexibility index (Phi) is 2.52. The summed E-state index contributed by atoms with van der Waals surface area (Å²) in [6, 6.07) is 12.6. The highest BCUT2D eigenvalue weighted by molar-refractivity contribution is 5.92. The lowest BCUT2D eigenvalue weighted by molar-refractivity contribution is 0.0697. The van der Waals surface area contributed by atoms with Crippen LogP contribution >= 0.6 is 0 Å². The van der Waals surface area contributed by atoms with Crippen LogP contribution in [0.5, 0.6) is 0 Å². The zero-order valence-corrected chi connectivity index (χ0v) is 10.2. The third kappa shape index (κ3) is 1.95. The maximum Gasteiger partial charge on any atom is 0.335 e. The predicted molar refractivity (Wildman–Crippen MR) is 70.6 cm³/mol. The van der Waals surface area contributed by atoms with Crippen molar-refractivity contribution in [3.8, 4) is 5.69 Å². The van der Waals surface area contributed by atoms with Gasteiger partial charge in [-0.15, -0.1) is 5.10 Å². The second kappa shape index (κ2) is 4.20. The Morgan fingerprint density at radius 1 is 1.16 bits per heavy atom. The topological polar surface area (TPSA) is 68.0 Å². The fourth-order valence-corrected chi connectivity index (χ4v) is 1.93. The quantitative estimate of drug-likeness (QED) is 0.761. The molecular weight excluding hydrogens is 242 g/mol. The fourth-order valence-electron chi connectivity index (χ4n) is 1.93. The van der Waals surface area contributed by atoms with E-state index in [1.807, 2.05) is 31.2 Å². The van der Waals surface area contributed by atoms with Gasteiger partial charge in [0.05, 0.1) is 16.8 Å². The maximum atomic E-state index is 11.0. The van der Waals surface area contributed by atoms with Crippen LogP contribution < -0.4 is 0 Å². The Morgan fingerprint density at radius 2 is 1.89 bits per heavy atom. The van der Waals surface area contributed by atoms with E-state index < -0.39 is 5.97 Å². The average molecular weight is 253 g/mol. The van der Waals surface area contributed by atoms with Crippen molar-refractivity contribution in [2.45, 2.75) is 6.92 Å². The molecule has 0 atom stereocenters. The van der Waals surface area contributed by atoms with Crippen molar-refractivity contribution in [1.29, 1.82) is 0 Å². The lowest BCUT2D eigenvalue weighted by Gasteiger charge is -2.03. The molecule has 0 amide bonds. The van der Waals surface area contributed by atoms with Crippen LogP contribution in [0, 0.1) is 6.92 Å². The molecular formula is C14H11N3O2. The van der Waals surface area contributed by atoms with Gasteiger partial charge < -0.3 is 5.11 Å². The van der Waals surface area contributed by atoms with E-state index in [4.69, 9.17) is 5.11 Å². The first-order valence-electron chi connectivity index (χ1n) is 5.81. The SMILES string of the molecule is Cc1ccc(-n2nnc3ccc(C(=O)O)cc32)cc1. The number of rotatable bonds is 2. The molecule has 0 aliphatic heterocycles. The van der Waals surface area contributed by atoms with E-state index in [1.165, 1.54) is 6.07 Å². The highest BCUT2D eigenvalue weighted by Crippen LogP contribution is 2.18. The summed E-state index contributed by atoms with van der Waals surface area (Å²) >= 11 is 0. The van der Waals surface area contributed by atoms with Gasteiger partial charge >= 0.3 is 5.97 Å². The fraction of sp³-hybridized carbons (Fsp3) is 0.0714. The molecule has 0 aliphatic rings. The number of carboxylic acid groups (broad SMARTS) is 1. The molecule has 94 valence electrons. The number of hydrogen-bond acceptors (Lipinski definition) is 3. The van der Waals surface area contributed by atoms with E-state index in [0.29, 0.717) is 11.0 Å². The first-order valence-corrected chi connectivity index (χ1v) is 5.81. The van der Waals surface area contributed by atoms with Gasteiger partial charge in [0.25, 0.3) is 0 Å². The van der Waals surface area contributed by atoms with E-state index in [-0.39, 0.29) is 5.56 Å². The summed E-state index contributed by atoms with van der Waals surface area (Å²) in [5.74, 6) is -0.960. The van der Waals surface area contributed by atoms with Gasteiger partial charge in [0.15, 0.2) is 0 Å². The summed E-state index contributed by atoms with van der Waals surface area (Å²) in [5, 5.41) is 17.1. The summed E-state index contributed by atoms with van der Waals surface area (Å²) in [7, 11) is 0. The van der Waals surface area contributed by atoms with Crippen LogP contribution in [-0.4, -0.2) is 26.1 Å². The first kappa shape index (κ1) is 11.4. The highest BCUT2D eigenvalue weighted by atomic mass is 16.4. The van der Waals surface area contributed by atoms with Gasteiger partial charge in [0.1, 0.15) is 5.52 Å². The molecule has 3 aromatic rings. The number of carboxylic acids is 1. The molecule has 0 saturated carbocycles. The number of fused-ring (bicyclic) bond motifs is 1. The van der Waals surface area contributed by atoms with Crippen LogP contribution in [0.3, 0.4) is 0 Å². The third-order valence-electron chi connectivity index (χ3n) is 2.97. The Morgan fingerprint density at radius 3 is 2.58 bits per heavy atom. The predicted octanol–water partition coefficient (Wildman–Crippen LogP) is 2.43. The molecule has 19 heavy (non-hydrogen) atoms. The molecule has 2 aromatic carbocycles. The van der Waals surface area contributed by atoms with Crippen molar-refractivity contribution in [2.24, 2.45) is 0 Å². The minimum Gasteiger partial charge on any atom is -0.478 e. The van der Waals surface area contributed by atoms with Crippen LogP contribution in [0.15, 0.2) is 42.5 Å². The third-order valence-corrected chi connectivity index (χ3v) is 2.97. The van der Waals surface area contributed by atoms with Gasteiger partial charge in [-0.05, 0) is 37.3 Å². The minimum absolute atomic E-state index is 0.225. The number of aromatic nitrogens is 3. The van der Waals surface area contributed by atoms with Crippen molar-refractivity contribution in [3.63, 3.8) is 0 Å². The molecule has 0 spiro atoms. The van der Waals surface area contributed by atoms with Crippen LogP contribution in [0.2, 0.25) is 0 Å². The van der Waals surface area contributed by atoms with Crippen molar-refractivity contribution in [1.82, 2.24) is 15.0 Å². The van der Waals surface area contributed by atoms with Crippen molar-refractivity contribution in [2.75, 3.05) is 0 Å².